The number of amides is 4. The van der Waals surface area contributed by atoms with Crippen LogP contribution in [0.15, 0.2) is 4.99 Å². The molecule has 13 N–H and O–H groups in total. The van der Waals surface area contributed by atoms with Crippen molar-refractivity contribution in [2.45, 2.75) is 49.9 Å². The molecule has 33 heavy (non-hydrogen) atoms. The topological polar surface area (TPSA) is 278 Å². The highest BCUT2D eigenvalue weighted by Crippen LogP contribution is 2.04. The smallest absolute Gasteiger partial charge is 0.326 e. The summed E-state index contributed by atoms with van der Waals surface area (Å²) in [5.41, 5.74) is 20.9. The zero-order valence-electron chi connectivity index (χ0n) is 17.9. The number of aliphatic hydroxyl groups is 1. The van der Waals surface area contributed by atoms with Gasteiger partial charge in [-0.1, -0.05) is 0 Å². The second kappa shape index (κ2) is 15.7. The average Bonchev–Trinajstić information content (AvgIpc) is 2.75. The summed E-state index contributed by atoms with van der Waals surface area (Å²) in [6.07, 6.45) is -0.278. The van der Waals surface area contributed by atoms with Crippen LogP contribution in [0.1, 0.15) is 25.7 Å². The molecule has 0 aromatic rings. The predicted octanol–water partition coefficient (Wildman–Crippen LogP) is -4.91. The lowest BCUT2D eigenvalue weighted by atomic mass is 10.1. The van der Waals surface area contributed by atoms with Crippen LogP contribution in [-0.2, 0) is 24.0 Å². The number of hydrogen-bond donors (Lipinski definition) is 10. The van der Waals surface area contributed by atoms with Crippen molar-refractivity contribution in [3.05, 3.63) is 0 Å². The van der Waals surface area contributed by atoms with E-state index in [9.17, 15) is 29.1 Å². The van der Waals surface area contributed by atoms with Gasteiger partial charge in [0, 0.05) is 18.7 Å². The van der Waals surface area contributed by atoms with Crippen molar-refractivity contribution in [1.29, 1.82) is 0 Å². The van der Waals surface area contributed by atoms with Gasteiger partial charge in [0.15, 0.2) is 5.96 Å². The van der Waals surface area contributed by atoms with Gasteiger partial charge in [0.25, 0.3) is 0 Å². The molecule has 0 rings (SSSR count). The van der Waals surface area contributed by atoms with E-state index >= 15 is 0 Å². The maximum Gasteiger partial charge on any atom is 0.326 e. The van der Waals surface area contributed by atoms with Gasteiger partial charge in [-0.2, -0.15) is 12.6 Å². The number of nitrogens with one attached hydrogen (secondary N) is 3. The highest BCUT2D eigenvalue weighted by atomic mass is 32.1. The summed E-state index contributed by atoms with van der Waals surface area (Å²) in [7, 11) is 0. The van der Waals surface area contributed by atoms with E-state index in [1.54, 1.807) is 0 Å². The summed E-state index contributed by atoms with van der Waals surface area (Å²) in [4.78, 5) is 63.3. The number of rotatable bonds is 16. The monoisotopic (exact) mass is 492 g/mol. The summed E-state index contributed by atoms with van der Waals surface area (Å²) < 4.78 is 0. The van der Waals surface area contributed by atoms with E-state index in [2.05, 4.69) is 33.6 Å². The van der Waals surface area contributed by atoms with Gasteiger partial charge in [-0.05, 0) is 19.3 Å². The van der Waals surface area contributed by atoms with Gasteiger partial charge < -0.3 is 49.1 Å². The number of nitrogens with zero attached hydrogens (tertiary/aromatic N) is 1. The van der Waals surface area contributed by atoms with E-state index in [1.165, 1.54) is 0 Å². The maximum absolute atomic E-state index is 12.7. The van der Waals surface area contributed by atoms with Crippen molar-refractivity contribution >= 4 is 48.2 Å². The molecule has 0 heterocycles. The van der Waals surface area contributed by atoms with Gasteiger partial charge in [0.2, 0.25) is 23.6 Å². The highest BCUT2D eigenvalue weighted by Gasteiger charge is 2.29. The number of carbonyl (C=O) groups excluding carboxylic acids is 4. The summed E-state index contributed by atoms with van der Waals surface area (Å²) in [5.74, 6) is -4.92. The van der Waals surface area contributed by atoms with Crippen LogP contribution in [0.4, 0.5) is 0 Å². The Labute approximate surface area is 195 Å². The van der Waals surface area contributed by atoms with Crippen LogP contribution in [0.5, 0.6) is 0 Å². The first-order chi connectivity index (χ1) is 15.4. The van der Waals surface area contributed by atoms with Gasteiger partial charge in [0.1, 0.15) is 24.2 Å². The van der Waals surface area contributed by atoms with Crippen molar-refractivity contribution in [1.82, 2.24) is 16.0 Å². The third-order valence-electron chi connectivity index (χ3n) is 4.22. The van der Waals surface area contributed by atoms with E-state index in [-0.39, 0.29) is 43.9 Å². The molecule has 0 radical (unpaired) electrons. The zero-order chi connectivity index (χ0) is 25.6. The molecule has 0 spiro atoms. The summed E-state index contributed by atoms with van der Waals surface area (Å²) in [5, 5.41) is 25.2. The fourth-order valence-electron chi connectivity index (χ4n) is 2.42. The lowest BCUT2D eigenvalue weighted by Gasteiger charge is -2.24. The molecular weight excluding hydrogens is 460 g/mol. The van der Waals surface area contributed by atoms with Gasteiger partial charge in [-0.15, -0.1) is 0 Å². The summed E-state index contributed by atoms with van der Waals surface area (Å²) in [6.45, 7) is -0.519. The molecule has 0 aromatic carbocycles. The van der Waals surface area contributed by atoms with Crippen molar-refractivity contribution in [2.75, 3.05) is 18.9 Å². The molecule has 15 nitrogen and oxygen atoms in total. The third kappa shape index (κ3) is 12.5. The molecule has 4 amide bonds. The van der Waals surface area contributed by atoms with E-state index < -0.39 is 60.4 Å². The van der Waals surface area contributed by atoms with Crippen molar-refractivity contribution in [2.24, 2.45) is 27.9 Å². The van der Waals surface area contributed by atoms with Crippen LogP contribution in [0.25, 0.3) is 0 Å². The Morgan fingerprint density at radius 2 is 1.42 bits per heavy atom. The largest absolute Gasteiger partial charge is 0.480 e. The van der Waals surface area contributed by atoms with Crippen molar-refractivity contribution in [3.63, 3.8) is 0 Å². The fraction of sp³-hybridized carbons (Fsp3) is 0.647. The fourth-order valence-corrected chi connectivity index (χ4v) is 2.67. The number of aliphatic carboxylic acids is 1. The Balaban J connectivity index is 5.39. The molecule has 4 unspecified atom stereocenters. The number of primary amides is 1. The van der Waals surface area contributed by atoms with Crippen LogP contribution in [0, 0.1) is 0 Å². The molecule has 0 saturated carbocycles. The Morgan fingerprint density at radius 1 is 0.879 bits per heavy atom. The van der Waals surface area contributed by atoms with Crippen LogP contribution < -0.4 is 38.9 Å². The average molecular weight is 493 g/mol. The molecular formula is C17H32N8O7S. The minimum atomic E-state index is -1.43. The first kappa shape index (κ1) is 29.9. The highest BCUT2D eigenvalue weighted by molar-refractivity contribution is 7.80. The molecule has 0 bridgehead atoms. The Kier molecular flexibility index (Phi) is 14.2. The predicted molar refractivity (Wildman–Crippen MR) is 121 cm³/mol. The number of nitrogens with two attached hydrogens (primary N) is 4. The first-order valence-corrected chi connectivity index (χ1v) is 10.5. The van der Waals surface area contributed by atoms with Gasteiger partial charge in [0.05, 0.1) is 6.61 Å². The molecule has 0 saturated heterocycles. The number of aliphatic hydroxyl groups excluding tert-OH is 1. The molecule has 0 aliphatic carbocycles. The minimum absolute atomic E-state index is 0.0138. The van der Waals surface area contributed by atoms with Crippen LogP contribution in [-0.4, -0.2) is 88.8 Å². The van der Waals surface area contributed by atoms with E-state index in [1.807, 2.05) is 0 Å². The minimum Gasteiger partial charge on any atom is -0.480 e. The number of carbonyl (C=O) groups is 5. The maximum atomic E-state index is 12.7. The van der Waals surface area contributed by atoms with Crippen molar-refractivity contribution < 1.29 is 34.2 Å². The third-order valence-corrected chi connectivity index (χ3v) is 4.59. The number of guanidine groups is 1. The molecule has 0 fully saturated rings. The van der Waals surface area contributed by atoms with Crippen LogP contribution in [0.2, 0.25) is 0 Å². The molecule has 0 aliphatic heterocycles. The first-order valence-electron chi connectivity index (χ1n) is 9.87. The lowest BCUT2D eigenvalue weighted by Crippen LogP contribution is -2.58. The number of carboxylic acids is 1. The van der Waals surface area contributed by atoms with Crippen LogP contribution >= 0.6 is 12.6 Å². The number of carboxylic acid groups (broad SMARTS) is 1. The molecule has 0 aromatic heterocycles. The summed E-state index contributed by atoms with van der Waals surface area (Å²) in [6, 6.07) is -5.12. The Hall–Kier alpha value is -3.11. The molecule has 188 valence electrons. The molecule has 0 aliphatic rings. The quantitative estimate of drug-likeness (QED) is 0.0424. The molecule has 4 atom stereocenters. The van der Waals surface area contributed by atoms with E-state index in [0.717, 1.165) is 0 Å². The second-order valence-corrected chi connectivity index (χ2v) is 7.31. The van der Waals surface area contributed by atoms with Gasteiger partial charge >= 0.3 is 5.97 Å². The van der Waals surface area contributed by atoms with Crippen molar-refractivity contribution in [3.8, 4) is 0 Å². The number of aliphatic imine (C=N–C) groups is 1. The number of hydrogen-bond acceptors (Lipinski definition) is 9. The zero-order valence-corrected chi connectivity index (χ0v) is 18.8. The molecule has 16 heteroatoms. The Bertz CT molecular complexity index is 732. The second-order valence-electron chi connectivity index (χ2n) is 6.95. The standard InChI is InChI=1S/C17H32N8O7S/c18-8(6-26)13(28)25-11(7-33)15(30)23-9(2-1-5-22-17(20)21)14(29)24-10(16(31)32)3-4-12(19)27/h8-11,26,33H,1-7,18H2,(H2,19,27)(H,23,30)(H,24,29)(H,25,28)(H,31,32)(H4,20,21,22). The SMILES string of the molecule is NC(=O)CCC(NC(=O)C(CCCN=C(N)N)NC(=O)C(CS)NC(=O)C(N)CO)C(=O)O. The normalized spacial score (nSPS) is 14.2. The summed E-state index contributed by atoms with van der Waals surface area (Å²) >= 11 is 3.99. The lowest BCUT2D eigenvalue weighted by molar-refractivity contribution is -0.142. The van der Waals surface area contributed by atoms with Crippen LogP contribution in [0.3, 0.4) is 0 Å². The van der Waals surface area contributed by atoms with E-state index in [4.69, 9.17) is 28.0 Å². The van der Waals surface area contributed by atoms with E-state index in [0.29, 0.717) is 0 Å². The Morgan fingerprint density at radius 3 is 1.91 bits per heavy atom. The van der Waals surface area contributed by atoms with Gasteiger partial charge in [-0.3, -0.25) is 24.2 Å². The van der Waals surface area contributed by atoms with Gasteiger partial charge in [-0.25, -0.2) is 4.79 Å². The number of thiol groups is 1.